The fraction of sp³-hybridized carbons (Fsp3) is 0.267. The van der Waals surface area contributed by atoms with Crippen molar-refractivity contribution in [3.63, 3.8) is 0 Å². The molecule has 0 saturated heterocycles. The lowest BCUT2D eigenvalue weighted by Crippen LogP contribution is -2.32. The first-order valence-corrected chi connectivity index (χ1v) is 7.53. The van der Waals surface area contributed by atoms with Gasteiger partial charge in [0.25, 0.3) is 5.91 Å². The molecule has 0 aliphatic heterocycles. The minimum Gasteiger partial charge on any atom is -0.348 e. The zero-order valence-electron chi connectivity index (χ0n) is 11.9. The van der Waals surface area contributed by atoms with Crippen LogP contribution in [-0.2, 0) is 0 Å². The second-order valence-corrected chi connectivity index (χ2v) is 5.62. The summed E-state index contributed by atoms with van der Waals surface area (Å²) in [4.78, 5) is 20.2. The molecule has 6 heteroatoms. The number of nitrogens with one attached hydrogen (secondary N) is 2. The molecule has 1 aromatic heterocycles. The Morgan fingerprint density at radius 2 is 2.00 bits per heavy atom. The van der Waals surface area contributed by atoms with Crippen molar-refractivity contribution in [3.05, 3.63) is 46.8 Å². The van der Waals surface area contributed by atoms with Gasteiger partial charge in [-0.15, -0.1) is 0 Å². The maximum absolute atomic E-state index is 12.0. The molecule has 1 atom stereocenters. The minimum absolute atomic E-state index is 0.121. The molecule has 5 nitrogen and oxygen atoms in total. The molecule has 0 saturated carbocycles. The number of carbonyl (C=O) groups is 1. The summed E-state index contributed by atoms with van der Waals surface area (Å²) in [5, 5.41) is 6.02. The first-order chi connectivity index (χ1) is 10.1. The van der Waals surface area contributed by atoms with Gasteiger partial charge >= 0.3 is 0 Å². The average molecular weight is 349 g/mol. The third-order valence-electron chi connectivity index (χ3n) is 3.01. The van der Waals surface area contributed by atoms with E-state index in [-0.39, 0.29) is 11.9 Å². The normalized spacial score (nSPS) is 11.8. The number of amides is 1. The van der Waals surface area contributed by atoms with E-state index in [1.54, 1.807) is 6.07 Å². The van der Waals surface area contributed by atoms with Crippen LogP contribution in [0, 0.1) is 0 Å². The van der Waals surface area contributed by atoms with E-state index in [4.69, 9.17) is 0 Å². The number of carbonyl (C=O) groups excluding carboxylic acids is 1. The average Bonchev–Trinajstić information content (AvgIpc) is 2.49. The molecule has 110 valence electrons. The summed E-state index contributed by atoms with van der Waals surface area (Å²) in [5.41, 5.74) is 1.25. The molecule has 21 heavy (non-hydrogen) atoms. The van der Waals surface area contributed by atoms with Crippen LogP contribution in [-0.4, -0.2) is 21.9 Å². The highest BCUT2D eigenvalue weighted by Gasteiger charge is 2.11. The molecule has 0 radical (unpaired) electrons. The highest BCUT2D eigenvalue weighted by atomic mass is 79.9. The lowest BCUT2D eigenvalue weighted by molar-refractivity contribution is 0.0934. The number of benzene rings is 1. The molecular weight excluding hydrogens is 332 g/mol. The van der Waals surface area contributed by atoms with Gasteiger partial charge in [-0.2, -0.15) is 0 Å². The standard InChI is InChI=1S/C15H17BrN4O/c1-3-10(2)19-15(21)13-8-14(18-9-17-13)20-12-6-4-11(16)5-7-12/h4-10H,3H2,1-2H3,(H,19,21)(H,17,18,20). The molecule has 2 aromatic rings. The van der Waals surface area contributed by atoms with E-state index in [0.717, 1.165) is 16.6 Å². The number of hydrogen-bond donors (Lipinski definition) is 2. The Balaban J connectivity index is 2.10. The number of halogens is 1. The third-order valence-corrected chi connectivity index (χ3v) is 3.53. The molecular formula is C15H17BrN4O. The van der Waals surface area contributed by atoms with Crippen LogP contribution in [0.4, 0.5) is 11.5 Å². The molecule has 0 fully saturated rings. The van der Waals surface area contributed by atoms with Crippen LogP contribution in [0.5, 0.6) is 0 Å². The van der Waals surface area contributed by atoms with Crippen LogP contribution in [0.2, 0.25) is 0 Å². The number of aromatic nitrogens is 2. The van der Waals surface area contributed by atoms with Gasteiger partial charge in [0.15, 0.2) is 0 Å². The van der Waals surface area contributed by atoms with Crippen LogP contribution >= 0.6 is 15.9 Å². The van der Waals surface area contributed by atoms with Gasteiger partial charge in [0, 0.05) is 22.3 Å². The van der Waals surface area contributed by atoms with E-state index in [1.165, 1.54) is 6.33 Å². The van der Waals surface area contributed by atoms with Gasteiger partial charge < -0.3 is 10.6 Å². The SMILES string of the molecule is CCC(C)NC(=O)c1cc(Nc2ccc(Br)cc2)ncn1. The van der Waals surface area contributed by atoms with Crippen LogP contribution in [0.3, 0.4) is 0 Å². The minimum atomic E-state index is -0.189. The fourth-order valence-electron chi connectivity index (χ4n) is 1.63. The van der Waals surface area contributed by atoms with E-state index >= 15 is 0 Å². The summed E-state index contributed by atoms with van der Waals surface area (Å²) in [7, 11) is 0. The number of nitrogens with zero attached hydrogens (tertiary/aromatic N) is 2. The van der Waals surface area contributed by atoms with Crippen LogP contribution < -0.4 is 10.6 Å². The van der Waals surface area contributed by atoms with Gasteiger partial charge in [-0.05, 0) is 37.6 Å². The Morgan fingerprint density at radius 3 is 2.67 bits per heavy atom. The molecule has 1 aromatic carbocycles. The van der Waals surface area contributed by atoms with E-state index in [1.807, 2.05) is 38.1 Å². The Kier molecular flexibility index (Phi) is 5.27. The summed E-state index contributed by atoms with van der Waals surface area (Å²) < 4.78 is 1.00. The highest BCUT2D eigenvalue weighted by Crippen LogP contribution is 2.18. The predicted molar refractivity (Wildman–Crippen MR) is 86.7 cm³/mol. The Labute approximate surface area is 132 Å². The van der Waals surface area contributed by atoms with Crippen molar-refractivity contribution >= 4 is 33.3 Å². The molecule has 2 N–H and O–H groups in total. The Hall–Kier alpha value is -1.95. The first kappa shape index (κ1) is 15.4. The molecule has 1 amide bonds. The molecule has 1 heterocycles. The van der Waals surface area contributed by atoms with Gasteiger partial charge in [-0.1, -0.05) is 22.9 Å². The first-order valence-electron chi connectivity index (χ1n) is 6.74. The smallest absolute Gasteiger partial charge is 0.270 e. The molecule has 2 rings (SSSR count). The predicted octanol–water partition coefficient (Wildman–Crippen LogP) is 3.51. The van der Waals surface area contributed by atoms with Gasteiger partial charge in [0.05, 0.1) is 0 Å². The topological polar surface area (TPSA) is 66.9 Å². The second-order valence-electron chi connectivity index (χ2n) is 4.70. The Bertz CT molecular complexity index is 615. The van der Waals surface area contributed by atoms with E-state index in [2.05, 4.69) is 36.5 Å². The third kappa shape index (κ3) is 4.53. The molecule has 0 bridgehead atoms. The van der Waals surface area contributed by atoms with Crippen molar-refractivity contribution in [2.45, 2.75) is 26.3 Å². The zero-order valence-corrected chi connectivity index (χ0v) is 13.5. The van der Waals surface area contributed by atoms with Gasteiger partial charge in [-0.3, -0.25) is 4.79 Å². The number of hydrogen-bond acceptors (Lipinski definition) is 4. The highest BCUT2D eigenvalue weighted by molar-refractivity contribution is 9.10. The van der Waals surface area contributed by atoms with Crippen molar-refractivity contribution < 1.29 is 4.79 Å². The lowest BCUT2D eigenvalue weighted by Gasteiger charge is -2.11. The summed E-state index contributed by atoms with van der Waals surface area (Å²) in [6, 6.07) is 9.46. The zero-order chi connectivity index (χ0) is 15.2. The van der Waals surface area contributed by atoms with Crippen LogP contribution in [0.25, 0.3) is 0 Å². The molecule has 0 aliphatic carbocycles. The van der Waals surface area contributed by atoms with E-state index in [9.17, 15) is 4.79 Å². The fourth-order valence-corrected chi connectivity index (χ4v) is 1.90. The maximum Gasteiger partial charge on any atom is 0.270 e. The van der Waals surface area contributed by atoms with Crippen molar-refractivity contribution in [1.29, 1.82) is 0 Å². The summed E-state index contributed by atoms with van der Waals surface area (Å²) in [5.74, 6) is 0.396. The van der Waals surface area contributed by atoms with Crippen LogP contribution in [0.1, 0.15) is 30.8 Å². The monoisotopic (exact) mass is 348 g/mol. The number of rotatable bonds is 5. The summed E-state index contributed by atoms with van der Waals surface area (Å²) in [6.45, 7) is 3.98. The second kappa shape index (κ2) is 7.17. The van der Waals surface area contributed by atoms with Gasteiger partial charge in [-0.25, -0.2) is 9.97 Å². The van der Waals surface area contributed by atoms with Gasteiger partial charge in [0.2, 0.25) is 0 Å². The van der Waals surface area contributed by atoms with E-state index < -0.39 is 0 Å². The van der Waals surface area contributed by atoms with Gasteiger partial charge in [0.1, 0.15) is 17.8 Å². The molecule has 1 unspecified atom stereocenters. The van der Waals surface area contributed by atoms with Crippen molar-refractivity contribution in [2.24, 2.45) is 0 Å². The van der Waals surface area contributed by atoms with E-state index in [0.29, 0.717) is 11.5 Å². The van der Waals surface area contributed by atoms with Crippen LogP contribution in [0.15, 0.2) is 41.1 Å². The van der Waals surface area contributed by atoms with Crippen molar-refractivity contribution in [3.8, 4) is 0 Å². The maximum atomic E-state index is 12.0. The lowest BCUT2D eigenvalue weighted by atomic mass is 10.2. The molecule has 0 spiro atoms. The number of anilines is 2. The quantitative estimate of drug-likeness (QED) is 0.867. The van der Waals surface area contributed by atoms with Crippen molar-refractivity contribution in [1.82, 2.24) is 15.3 Å². The molecule has 0 aliphatic rings. The Morgan fingerprint density at radius 1 is 1.29 bits per heavy atom. The largest absolute Gasteiger partial charge is 0.348 e. The van der Waals surface area contributed by atoms with Crippen molar-refractivity contribution in [2.75, 3.05) is 5.32 Å². The summed E-state index contributed by atoms with van der Waals surface area (Å²) >= 11 is 3.38. The summed E-state index contributed by atoms with van der Waals surface area (Å²) in [6.07, 6.45) is 2.26.